The molecule has 16 nitrogen and oxygen atoms in total. The number of rotatable bonds is 25. The molecule has 4 amide bonds. The van der Waals surface area contributed by atoms with Gasteiger partial charge in [0.25, 0.3) is 0 Å². The zero-order valence-corrected chi connectivity index (χ0v) is 46.8. The zero-order chi connectivity index (χ0) is 61.8. The molecule has 7 aromatic carbocycles. The molecule has 0 aliphatic carbocycles. The molecule has 86 heavy (non-hydrogen) atoms. The van der Waals surface area contributed by atoms with E-state index in [1.807, 2.05) is 6.07 Å². The molecule has 0 unspecified atom stereocenters. The van der Waals surface area contributed by atoms with Crippen LogP contribution in [0.3, 0.4) is 0 Å². The van der Waals surface area contributed by atoms with Crippen molar-refractivity contribution in [3.8, 4) is 22.6 Å². The summed E-state index contributed by atoms with van der Waals surface area (Å²) >= 11 is 0. The van der Waals surface area contributed by atoms with Gasteiger partial charge in [-0.15, -0.1) is 0 Å². The largest absolute Gasteiger partial charge is 0.489 e. The van der Waals surface area contributed by atoms with E-state index in [1.54, 1.807) is 142 Å². The molecule has 0 aliphatic heterocycles. The van der Waals surface area contributed by atoms with E-state index in [1.165, 1.54) is 24.3 Å². The second kappa shape index (κ2) is 30.6. The molecule has 7 rings (SSSR count). The van der Waals surface area contributed by atoms with Gasteiger partial charge >= 0.3 is 30.2 Å². The van der Waals surface area contributed by atoms with Crippen molar-refractivity contribution in [2.24, 2.45) is 0 Å². The van der Waals surface area contributed by atoms with Gasteiger partial charge in [-0.1, -0.05) is 133 Å². The van der Waals surface area contributed by atoms with Crippen LogP contribution in [-0.4, -0.2) is 66.4 Å². The number of esters is 2. The van der Waals surface area contributed by atoms with Crippen LogP contribution in [0.2, 0.25) is 0 Å². The molecule has 4 N–H and O–H groups in total. The average molecular weight is 1190 g/mol. The van der Waals surface area contributed by atoms with Gasteiger partial charge in [-0.05, 0) is 102 Å². The van der Waals surface area contributed by atoms with Crippen LogP contribution in [-0.2, 0) is 72.6 Å². The summed E-state index contributed by atoms with van der Waals surface area (Å²) in [5, 5.41) is 9.99. The first-order chi connectivity index (χ1) is 41.2. The standard InChI is InChI=1S/C64H60F6N4O12/c1-64(2,3)86-63(80)73-48(25-16-30-71-61(78)83-37-41-21-12-6-13-22-41)58(75)72-49(59(76)82-36-40-19-10-5-11-20-40)33-45-31-43(26-28-47(45)65)44-27-29-51(81-35-39-17-8-4-9-18-39)46(32-44)34-50(74-62(79)84-38-42-23-14-7-15-24-42)60(77)85-57-55(69)53(67)52(66)54(68)56(57)70/h4-15,17-24,26-29,31-32,48-50H,16,25,30,33-38H2,1-3H3,(H,71,78)(H,72,75)(H,73,80)(H,74,79)/t48-,49-,50-/m0/s1. The number of benzene rings is 7. The molecule has 0 spiro atoms. The van der Waals surface area contributed by atoms with Gasteiger partial charge in [-0.2, -0.15) is 8.78 Å². The number of ether oxygens (including phenoxy) is 6. The molecule has 0 fully saturated rings. The van der Waals surface area contributed by atoms with Crippen molar-refractivity contribution < 1.29 is 83.5 Å². The summed E-state index contributed by atoms with van der Waals surface area (Å²) in [4.78, 5) is 81.5. The molecule has 0 aliphatic rings. The molecular formula is C64H60F6N4O12. The van der Waals surface area contributed by atoms with Crippen LogP contribution in [0.5, 0.6) is 11.5 Å². The van der Waals surface area contributed by atoms with E-state index in [4.69, 9.17) is 28.4 Å². The highest BCUT2D eigenvalue weighted by atomic mass is 19.2. The van der Waals surface area contributed by atoms with Gasteiger partial charge in [0.15, 0.2) is 0 Å². The van der Waals surface area contributed by atoms with Crippen molar-refractivity contribution in [1.29, 1.82) is 0 Å². The summed E-state index contributed by atoms with van der Waals surface area (Å²) in [7, 11) is 0. The molecule has 3 atom stereocenters. The van der Waals surface area contributed by atoms with Gasteiger partial charge in [0, 0.05) is 19.4 Å². The molecule has 0 saturated heterocycles. The normalized spacial score (nSPS) is 12.1. The van der Waals surface area contributed by atoms with E-state index in [0.29, 0.717) is 16.7 Å². The number of amides is 4. The lowest BCUT2D eigenvalue weighted by molar-refractivity contribution is -0.149. The van der Waals surface area contributed by atoms with Crippen LogP contribution in [0.25, 0.3) is 11.1 Å². The van der Waals surface area contributed by atoms with E-state index in [9.17, 15) is 50.7 Å². The number of carbonyl (C=O) groups is 6. The van der Waals surface area contributed by atoms with E-state index in [-0.39, 0.29) is 73.8 Å². The van der Waals surface area contributed by atoms with Gasteiger partial charge < -0.3 is 49.7 Å². The Kier molecular flexibility index (Phi) is 22.7. The van der Waals surface area contributed by atoms with Gasteiger partial charge in [0.2, 0.25) is 40.7 Å². The molecule has 22 heteroatoms. The van der Waals surface area contributed by atoms with Crippen molar-refractivity contribution in [1.82, 2.24) is 21.3 Å². The SMILES string of the molecule is CC(C)(C)OC(=O)N[C@@H](CCCNC(=O)OCc1ccccc1)C(=O)N[C@@H](Cc1cc(-c2ccc(OCc3ccccc3)c(C[C@H](NC(=O)OCc3ccccc3)C(=O)Oc3c(F)c(F)c(F)c(F)c3F)c2)ccc1F)C(=O)OCc1ccccc1. The molecule has 0 heterocycles. The van der Waals surface area contributed by atoms with Crippen molar-refractivity contribution in [3.05, 3.63) is 226 Å². The van der Waals surface area contributed by atoms with Crippen molar-refractivity contribution in [2.45, 2.75) is 96.6 Å². The molecule has 450 valence electrons. The average Bonchev–Trinajstić information content (AvgIpc) is 2.70. The molecule has 0 radical (unpaired) electrons. The fraction of sp³-hybridized carbons (Fsp3) is 0.250. The number of alkyl carbamates (subject to hydrolysis) is 3. The van der Waals surface area contributed by atoms with E-state index in [0.717, 1.165) is 11.6 Å². The fourth-order valence-electron chi connectivity index (χ4n) is 8.38. The minimum atomic E-state index is -2.51. The Labute approximate surface area is 491 Å². The first-order valence-electron chi connectivity index (χ1n) is 26.9. The predicted octanol–water partition coefficient (Wildman–Crippen LogP) is 11.6. The van der Waals surface area contributed by atoms with Gasteiger partial charge in [0.05, 0.1) is 0 Å². The third-order valence-electron chi connectivity index (χ3n) is 12.7. The summed E-state index contributed by atoms with van der Waals surface area (Å²) < 4.78 is 122. The Bertz CT molecular complexity index is 3440. The summed E-state index contributed by atoms with van der Waals surface area (Å²) in [5.41, 5.74) is 2.01. The van der Waals surface area contributed by atoms with E-state index in [2.05, 4.69) is 21.3 Å². The number of hydrogen-bond acceptors (Lipinski definition) is 12. The first kappa shape index (κ1) is 63.7. The number of carbonyl (C=O) groups excluding carboxylic acids is 6. The van der Waals surface area contributed by atoms with Crippen LogP contribution in [0.15, 0.2) is 158 Å². The third kappa shape index (κ3) is 19.1. The summed E-state index contributed by atoms with van der Waals surface area (Å²) in [6.45, 7) is 4.18. The maximum Gasteiger partial charge on any atom is 0.408 e. The molecular weight excluding hydrogens is 1130 g/mol. The second-order valence-electron chi connectivity index (χ2n) is 20.4. The maximum atomic E-state index is 16.2. The highest BCUT2D eigenvalue weighted by Gasteiger charge is 2.34. The lowest BCUT2D eigenvalue weighted by Gasteiger charge is -2.25. The van der Waals surface area contributed by atoms with E-state index < -0.39 is 113 Å². The van der Waals surface area contributed by atoms with E-state index >= 15 is 4.39 Å². The van der Waals surface area contributed by atoms with Crippen LogP contribution in [0.1, 0.15) is 67.0 Å². The summed E-state index contributed by atoms with van der Waals surface area (Å²) in [5.74, 6) is -18.6. The Morgan fingerprint density at radius 2 is 0.919 bits per heavy atom. The lowest BCUT2D eigenvalue weighted by Crippen LogP contribution is -2.53. The van der Waals surface area contributed by atoms with Crippen molar-refractivity contribution in [2.75, 3.05) is 6.54 Å². The summed E-state index contributed by atoms with van der Waals surface area (Å²) in [6.07, 6.45) is -4.18. The first-order valence-corrected chi connectivity index (χ1v) is 26.9. The number of nitrogens with one attached hydrogen (secondary N) is 4. The highest BCUT2D eigenvalue weighted by Crippen LogP contribution is 2.33. The molecule has 0 aromatic heterocycles. The molecule has 0 bridgehead atoms. The number of halogens is 6. The minimum absolute atomic E-state index is 0.00266. The van der Waals surface area contributed by atoms with Gasteiger partial charge in [-0.25, -0.2) is 41.5 Å². The Morgan fingerprint density at radius 1 is 0.465 bits per heavy atom. The lowest BCUT2D eigenvalue weighted by atomic mass is 9.95. The highest BCUT2D eigenvalue weighted by molar-refractivity contribution is 5.90. The predicted molar refractivity (Wildman–Crippen MR) is 301 cm³/mol. The minimum Gasteiger partial charge on any atom is -0.489 e. The van der Waals surface area contributed by atoms with Crippen molar-refractivity contribution >= 4 is 36.1 Å². The fourth-order valence-corrected chi connectivity index (χ4v) is 8.38. The molecule has 0 saturated carbocycles. The zero-order valence-electron chi connectivity index (χ0n) is 46.8. The Morgan fingerprint density at radius 3 is 1.47 bits per heavy atom. The van der Waals surface area contributed by atoms with Crippen LogP contribution in [0.4, 0.5) is 40.7 Å². The third-order valence-corrected chi connectivity index (χ3v) is 12.7. The smallest absolute Gasteiger partial charge is 0.408 e. The monoisotopic (exact) mass is 1190 g/mol. The Hall–Kier alpha value is -9.86. The van der Waals surface area contributed by atoms with Gasteiger partial charge in [-0.3, -0.25) is 4.79 Å². The second-order valence-corrected chi connectivity index (χ2v) is 20.4. The van der Waals surface area contributed by atoms with Crippen LogP contribution in [0, 0.1) is 34.9 Å². The van der Waals surface area contributed by atoms with Gasteiger partial charge in [0.1, 0.15) is 61.7 Å². The maximum absolute atomic E-state index is 16.2. The van der Waals surface area contributed by atoms with Crippen LogP contribution >= 0.6 is 0 Å². The quantitative estimate of drug-likeness (QED) is 0.00802. The molecule has 7 aromatic rings. The van der Waals surface area contributed by atoms with Crippen LogP contribution < -0.4 is 30.7 Å². The summed E-state index contributed by atoms with van der Waals surface area (Å²) in [6, 6.07) is 37.8. The van der Waals surface area contributed by atoms with Crippen molar-refractivity contribution in [3.63, 3.8) is 0 Å². The number of hydrogen-bond donors (Lipinski definition) is 4. The topological polar surface area (TPSA) is 206 Å². The Balaban J connectivity index is 1.19.